The normalized spacial score (nSPS) is 23.0. The van der Waals surface area contributed by atoms with E-state index in [0.717, 1.165) is 37.7 Å². The number of ether oxygens (including phenoxy) is 1. The molecule has 0 aromatic carbocycles. The zero-order valence-corrected chi connectivity index (χ0v) is 20.1. The first-order chi connectivity index (χ1) is 16.3. The molecule has 1 amide bonds. The standard InChI is InChI=1S/C24H31F3N4O2S/c1-2-3-4-11-33-21-10-8-17(12-18(21)24(25,26)27)30-23-31-20(14-34-23)15-5-9-19(28-13-15)22(32)29-16-6-7-16/h5,9,13-14,16-18,21H,2-4,6-8,10-12H2,1H3,(H,29,32)(H,30,31)/t17-,18?,21?/m1/s1. The SMILES string of the molecule is CCCCCOC1CC[C@@H](Nc2nc(-c3ccc(C(=O)NC4CC4)nc3)cs2)CC1C(F)(F)F. The number of rotatable bonds is 10. The number of thiazole rings is 1. The van der Waals surface area contributed by atoms with Crippen LogP contribution in [0.25, 0.3) is 11.3 Å². The van der Waals surface area contributed by atoms with Gasteiger partial charge in [0.1, 0.15) is 5.69 Å². The quantitative estimate of drug-likeness (QED) is 0.406. The topological polar surface area (TPSA) is 76.1 Å². The third kappa shape index (κ3) is 6.69. The van der Waals surface area contributed by atoms with Gasteiger partial charge in [0.05, 0.1) is 17.7 Å². The van der Waals surface area contributed by atoms with Crippen LogP contribution in [-0.2, 0) is 4.74 Å². The summed E-state index contributed by atoms with van der Waals surface area (Å²) in [7, 11) is 0. The maximum atomic E-state index is 13.7. The molecular formula is C24H31F3N4O2S. The number of carbonyl (C=O) groups is 1. The van der Waals surface area contributed by atoms with E-state index in [0.29, 0.717) is 36.0 Å². The van der Waals surface area contributed by atoms with E-state index in [1.807, 2.05) is 5.38 Å². The number of nitrogens with zero attached hydrogens (tertiary/aromatic N) is 2. The Hall–Kier alpha value is -2.20. The first kappa shape index (κ1) is 24.9. The van der Waals surface area contributed by atoms with E-state index in [2.05, 4.69) is 27.5 Å². The predicted molar refractivity (Wildman–Crippen MR) is 126 cm³/mol. The Labute approximate surface area is 201 Å². The van der Waals surface area contributed by atoms with Crippen molar-refractivity contribution in [2.45, 2.75) is 82.7 Å². The van der Waals surface area contributed by atoms with Crippen molar-refractivity contribution in [2.75, 3.05) is 11.9 Å². The Morgan fingerprint density at radius 3 is 2.65 bits per heavy atom. The molecule has 0 saturated heterocycles. The van der Waals surface area contributed by atoms with E-state index in [1.54, 1.807) is 18.3 Å². The minimum atomic E-state index is -4.29. The van der Waals surface area contributed by atoms with Crippen LogP contribution in [-0.4, -0.2) is 46.8 Å². The van der Waals surface area contributed by atoms with Crippen molar-refractivity contribution in [1.29, 1.82) is 0 Å². The molecule has 2 aromatic rings. The van der Waals surface area contributed by atoms with Crippen LogP contribution in [0.2, 0.25) is 0 Å². The van der Waals surface area contributed by atoms with Crippen LogP contribution >= 0.6 is 11.3 Å². The Morgan fingerprint density at radius 1 is 1.18 bits per heavy atom. The molecule has 10 heteroatoms. The van der Waals surface area contributed by atoms with Crippen LogP contribution in [0.5, 0.6) is 0 Å². The number of hydrogen-bond donors (Lipinski definition) is 2. The highest BCUT2D eigenvalue weighted by Crippen LogP contribution is 2.40. The molecule has 2 aliphatic carbocycles. The number of pyridine rings is 1. The number of alkyl halides is 3. The van der Waals surface area contributed by atoms with Crippen molar-refractivity contribution in [1.82, 2.24) is 15.3 Å². The van der Waals surface area contributed by atoms with Crippen molar-refractivity contribution in [3.63, 3.8) is 0 Å². The second-order valence-corrected chi connectivity index (χ2v) is 9.99. The highest BCUT2D eigenvalue weighted by atomic mass is 32.1. The van der Waals surface area contributed by atoms with Crippen molar-refractivity contribution < 1.29 is 22.7 Å². The molecule has 186 valence electrons. The number of aromatic nitrogens is 2. The van der Waals surface area contributed by atoms with E-state index in [1.165, 1.54) is 11.3 Å². The van der Waals surface area contributed by atoms with Gasteiger partial charge < -0.3 is 15.4 Å². The first-order valence-electron chi connectivity index (χ1n) is 12.0. The average Bonchev–Trinajstić information content (AvgIpc) is 3.51. The van der Waals surface area contributed by atoms with Crippen molar-refractivity contribution in [2.24, 2.45) is 5.92 Å². The number of anilines is 1. The highest BCUT2D eigenvalue weighted by molar-refractivity contribution is 7.14. The van der Waals surface area contributed by atoms with Crippen LogP contribution in [0.1, 0.15) is 68.8 Å². The van der Waals surface area contributed by atoms with Gasteiger partial charge in [0.15, 0.2) is 5.13 Å². The lowest BCUT2D eigenvalue weighted by Crippen LogP contribution is -2.44. The Bertz CT molecular complexity index is 946. The summed E-state index contributed by atoms with van der Waals surface area (Å²) in [6.45, 7) is 2.44. The molecule has 2 N–H and O–H groups in total. The van der Waals surface area contributed by atoms with Crippen LogP contribution in [0.3, 0.4) is 0 Å². The van der Waals surface area contributed by atoms with Gasteiger partial charge >= 0.3 is 6.18 Å². The van der Waals surface area contributed by atoms with Gasteiger partial charge in [-0.15, -0.1) is 11.3 Å². The zero-order valence-electron chi connectivity index (χ0n) is 19.2. The molecule has 0 spiro atoms. The largest absolute Gasteiger partial charge is 0.394 e. The van der Waals surface area contributed by atoms with Crippen LogP contribution in [0.4, 0.5) is 18.3 Å². The summed E-state index contributed by atoms with van der Waals surface area (Å²) >= 11 is 1.35. The van der Waals surface area contributed by atoms with Gasteiger partial charge in [-0.05, 0) is 50.7 Å². The third-order valence-electron chi connectivity index (χ3n) is 6.32. The summed E-state index contributed by atoms with van der Waals surface area (Å²) in [5, 5.41) is 8.52. The second kappa shape index (κ2) is 11.0. The maximum Gasteiger partial charge on any atom is 0.394 e. The smallest absolute Gasteiger partial charge is 0.378 e. The average molecular weight is 497 g/mol. The summed E-state index contributed by atoms with van der Waals surface area (Å²) in [6.07, 6.45) is 2.28. The molecule has 2 aliphatic rings. The number of amides is 1. The van der Waals surface area contributed by atoms with Gasteiger partial charge in [-0.25, -0.2) is 4.98 Å². The van der Waals surface area contributed by atoms with Crippen LogP contribution in [0.15, 0.2) is 23.7 Å². The van der Waals surface area contributed by atoms with Gasteiger partial charge in [0.2, 0.25) is 0 Å². The second-order valence-electron chi connectivity index (χ2n) is 9.14. The minimum absolute atomic E-state index is 0.0246. The molecule has 4 rings (SSSR count). The van der Waals surface area contributed by atoms with E-state index in [-0.39, 0.29) is 24.4 Å². The third-order valence-corrected chi connectivity index (χ3v) is 7.10. The summed E-state index contributed by atoms with van der Waals surface area (Å²) in [5.74, 6) is -1.66. The van der Waals surface area contributed by atoms with Gasteiger partial charge in [0, 0.05) is 35.8 Å². The summed E-state index contributed by atoms with van der Waals surface area (Å²) < 4.78 is 46.8. The fourth-order valence-electron chi connectivity index (χ4n) is 4.22. The molecule has 0 radical (unpaired) electrons. The molecule has 6 nitrogen and oxygen atoms in total. The molecule has 2 saturated carbocycles. The fourth-order valence-corrected chi connectivity index (χ4v) is 5.02. The lowest BCUT2D eigenvalue weighted by atomic mass is 9.82. The summed E-state index contributed by atoms with van der Waals surface area (Å²) in [4.78, 5) is 20.9. The van der Waals surface area contributed by atoms with E-state index in [4.69, 9.17) is 4.74 Å². The zero-order chi connectivity index (χ0) is 24.1. The number of carbonyl (C=O) groups excluding carboxylic acids is 1. The van der Waals surface area contributed by atoms with Gasteiger partial charge in [-0.1, -0.05) is 19.8 Å². The van der Waals surface area contributed by atoms with Gasteiger partial charge in [-0.3, -0.25) is 9.78 Å². The van der Waals surface area contributed by atoms with Crippen molar-refractivity contribution in [3.8, 4) is 11.3 Å². The lowest BCUT2D eigenvalue weighted by molar-refractivity contribution is -0.216. The molecule has 2 unspecified atom stereocenters. The molecular weight excluding hydrogens is 465 g/mol. The van der Waals surface area contributed by atoms with Gasteiger partial charge in [-0.2, -0.15) is 13.2 Å². The Kier molecular flexibility index (Phi) is 8.08. The summed E-state index contributed by atoms with van der Waals surface area (Å²) in [5.41, 5.74) is 1.79. The number of unbranched alkanes of at least 4 members (excludes halogenated alkanes) is 2. The molecule has 2 fully saturated rings. The van der Waals surface area contributed by atoms with Gasteiger partial charge in [0.25, 0.3) is 5.91 Å². The number of nitrogens with one attached hydrogen (secondary N) is 2. The van der Waals surface area contributed by atoms with Crippen molar-refractivity contribution in [3.05, 3.63) is 29.4 Å². The van der Waals surface area contributed by atoms with Crippen LogP contribution in [0, 0.1) is 5.92 Å². The van der Waals surface area contributed by atoms with Crippen LogP contribution < -0.4 is 10.6 Å². The first-order valence-corrected chi connectivity index (χ1v) is 12.9. The molecule has 0 bridgehead atoms. The number of halogens is 3. The monoisotopic (exact) mass is 496 g/mol. The molecule has 3 atom stereocenters. The maximum absolute atomic E-state index is 13.7. The Balaban J connectivity index is 1.33. The molecule has 34 heavy (non-hydrogen) atoms. The Morgan fingerprint density at radius 2 is 1.97 bits per heavy atom. The molecule has 2 heterocycles. The minimum Gasteiger partial charge on any atom is -0.378 e. The van der Waals surface area contributed by atoms with Crippen molar-refractivity contribution >= 4 is 22.4 Å². The predicted octanol–water partition coefficient (Wildman–Crippen LogP) is 5.82. The van der Waals surface area contributed by atoms with E-state index in [9.17, 15) is 18.0 Å². The number of hydrogen-bond acceptors (Lipinski definition) is 6. The lowest BCUT2D eigenvalue weighted by Gasteiger charge is -2.37. The van der Waals surface area contributed by atoms with E-state index >= 15 is 0 Å². The summed E-state index contributed by atoms with van der Waals surface area (Å²) in [6, 6.07) is 3.40. The van der Waals surface area contributed by atoms with E-state index < -0.39 is 18.2 Å². The molecule has 2 aromatic heterocycles. The highest BCUT2D eigenvalue weighted by Gasteiger charge is 2.48. The fraction of sp³-hybridized carbons (Fsp3) is 0.625. The molecule has 0 aliphatic heterocycles.